The first-order chi connectivity index (χ1) is 12.9. The minimum Gasteiger partial charge on any atom is -0.435 e. The molecule has 27 heavy (non-hydrogen) atoms. The summed E-state index contributed by atoms with van der Waals surface area (Å²) in [6.07, 6.45) is 8.22. The first kappa shape index (κ1) is 20.9. The van der Waals surface area contributed by atoms with Crippen molar-refractivity contribution in [1.29, 1.82) is 0 Å². The van der Waals surface area contributed by atoms with Crippen molar-refractivity contribution in [3.05, 3.63) is 30.7 Å². The summed E-state index contributed by atoms with van der Waals surface area (Å²) < 4.78 is 28.5. The zero-order chi connectivity index (χ0) is 19.6. The van der Waals surface area contributed by atoms with Gasteiger partial charge in [0, 0.05) is 18.7 Å². The molecule has 0 spiro atoms. The molecule has 0 heterocycles. The van der Waals surface area contributed by atoms with Crippen LogP contribution in [-0.2, 0) is 9.59 Å². The van der Waals surface area contributed by atoms with Crippen LogP contribution in [0.4, 0.5) is 14.5 Å². The molecule has 1 aliphatic rings. The van der Waals surface area contributed by atoms with Crippen LogP contribution in [0.2, 0.25) is 0 Å². The summed E-state index contributed by atoms with van der Waals surface area (Å²) >= 11 is 0. The van der Waals surface area contributed by atoms with E-state index in [4.69, 9.17) is 5.73 Å². The largest absolute Gasteiger partial charge is 0.435 e. The van der Waals surface area contributed by atoms with Crippen LogP contribution in [0.25, 0.3) is 0 Å². The molecule has 1 aliphatic carbocycles. The van der Waals surface area contributed by atoms with Gasteiger partial charge in [0.2, 0.25) is 11.8 Å². The van der Waals surface area contributed by atoms with Gasteiger partial charge in [-0.25, -0.2) is 0 Å². The molecule has 0 saturated heterocycles. The summed E-state index contributed by atoms with van der Waals surface area (Å²) in [6, 6.07) is 4.95. The molecule has 6 nitrogen and oxygen atoms in total. The number of carbonyl (C=O) groups is 2. The molecular weight excluding hydrogens is 356 g/mol. The van der Waals surface area contributed by atoms with Crippen LogP contribution in [0.5, 0.6) is 5.75 Å². The predicted octanol–water partition coefficient (Wildman–Crippen LogP) is 2.84. The van der Waals surface area contributed by atoms with E-state index in [0.29, 0.717) is 18.0 Å². The van der Waals surface area contributed by atoms with Crippen molar-refractivity contribution in [2.24, 2.45) is 11.7 Å². The predicted molar refractivity (Wildman–Crippen MR) is 98.2 cm³/mol. The molecule has 0 unspecified atom stereocenters. The number of rotatable bonds is 10. The fourth-order valence-electron chi connectivity index (χ4n) is 3.12. The molecule has 1 radical (unpaired) electrons. The molecule has 0 bridgehead atoms. The van der Waals surface area contributed by atoms with Crippen LogP contribution in [0.15, 0.2) is 24.3 Å². The van der Waals surface area contributed by atoms with Gasteiger partial charge in [0.25, 0.3) is 0 Å². The average Bonchev–Trinajstić information content (AvgIpc) is 2.65. The minimum absolute atomic E-state index is 0.0348. The molecule has 1 saturated carbocycles. The SMILES string of the molecule is NC(=O)[C@H](CNc1ccc(OC(F)F)cc1)NC(=O)[CH]CC1CCCCC1. The third-order valence-corrected chi connectivity index (χ3v) is 4.61. The lowest BCUT2D eigenvalue weighted by atomic mass is 9.86. The first-order valence-corrected chi connectivity index (χ1v) is 9.16. The maximum absolute atomic E-state index is 12.1. The van der Waals surface area contributed by atoms with Crippen LogP contribution in [0.1, 0.15) is 38.5 Å². The number of primary amides is 1. The zero-order valence-corrected chi connectivity index (χ0v) is 15.1. The monoisotopic (exact) mass is 382 g/mol. The number of hydrogen-bond acceptors (Lipinski definition) is 4. The molecule has 2 amide bonds. The van der Waals surface area contributed by atoms with Crippen molar-refractivity contribution < 1.29 is 23.1 Å². The Hall–Kier alpha value is -2.38. The van der Waals surface area contributed by atoms with Crippen molar-refractivity contribution in [1.82, 2.24) is 5.32 Å². The van der Waals surface area contributed by atoms with Gasteiger partial charge in [0.05, 0.1) is 0 Å². The Balaban J connectivity index is 1.77. The Morgan fingerprint density at radius 3 is 2.44 bits per heavy atom. The van der Waals surface area contributed by atoms with Gasteiger partial charge in [0.1, 0.15) is 11.8 Å². The summed E-state index contributed by atoms with van der Waals surface area (Å²) in [7, 11) is 0. The molecule has 1 aromatic carbocycles. The van der Waals surface area contributed by atoms with Crippen LogP contribution < -0.4 is 21.1 Å². The van der Waals surface area contributed by atoms with Gasteiger partial charge in [-0.05, 0) is 36.6 Å². The summed E-state index contributed by atoms with van der Waals surface area (Å²) in [5, 5.41) is 5.55. The topological polar surface area (TPSA) is 93.5 Å². The van der Waals surface area contributed by atoms with Crippen molar-refractivity contribution in [3.63, 3.8) is 0 Å². The van der Waals surface area contributed by atoms with Gasteiger partial charge in [0.15, 0.2) is 0 Å². The van der Waals surface area contributed by atoms with E-state index in [0.717, 1.165) is 12.8 Å². The summed E-state index contributed by atoms with van der Waals surface area (Å²) in [6.45, 7) is -2.80. The van der Waals surface area contributed by atoms with Gasteiger partial charge in [-0.2, -0.15) is 8.78 Å². The van der Waals surface area contributed by atoms with Crippen molar-refractivity contribution >= 4 is 17.5 Å². The highest BCUT2D eigenvalue weighted by molar-refractivity contribution is 5.90. The third-order valence-electron chi connectivity index (χ3n) is 4.61. The molecule has 1 atom stereocenters. The van der Waals surface area contributed by atoms with Gasteiger partial charge in [-0.1, -0.05) is 32.1 Å². The molecule has 0 aliphatic heterocycles. The highest BCUT2D eigenvalue weighted by Crippen LogP contribution is 2.26. The maximum atomic E-state index is 12.1. The van der Waals surface area contributed by atoms with E-state index in [1.807, 2.05) is 0 Å². The number of anilines is 1. The zero-order valence-electron chi connectivity index (χ0n) is 15.1. The Morgan fingerprint density at radius 1 is 1.19 bits per heavy atom. The summed E-state index contributed by atoms with van der Waals surface area (Å²) in [5.74, 6) is -0.400. The number of alkyl halides is 2. The number of benzene rings is 1. The maximum Gasteiger partial charge on any atom is 0.387 e. The lowest BCUT2D eigenvalue weighted by Crippen LogP contribution is -2.48. The average molecular weight is 382 g/mol. The van der Waals surface area contributed by atoms with Gasteiger partial charge in [-0.15, -0.1) is 0 Å². The smallest absolute Gasteiger partial charge is 0.387 e. The van der Waals surface area contributed by atoms with Gasteiger partial charge < -0.3 is 21.1 Å². The molecule has 1 fully saturated rings. The van der Waals surface area contributed by atoms with Gasteiger partial charge >= 0.3 is 6.61 Å². The highest BCUT2D eigenvalue weighted by atomic mass is 19.3. The Morgan fingerprint density at radius 2 is 1.85 bits per heavy atom. The van der Waals surface area contributed by atoms with E-state index in [9.17, 15) is 18.4 Å². The Labute approximate surface area is 157 Å². The van der Waals surface area contributed by atoms with Gasteiger partial charge in [-0.3, -0.25) is 9.59 Å². The van der Waals surface area contributed by atoms with E-state index in [1.165, 1.54) is 43.5 Å². The second-order valence-electron chi connectivity index (χ2n) is 6.69. The molecule has 2 rings (SSSR count). The molecule has 8 heteroatoms. The number of hydrogen-bond donors (Lipinski definition) is 3. The van der Waals surface area contributed by atoms with E-state index in [2.05, 4.69) is 15.4 Å². The van der Waals surface area contributed by atoms with E-state index in [-0.39, 0.29) is 18.2 Å². The lowest BCUT2D eigenvalue weighted by Gasteiger charge is -2.22. The number of nitrogens with two attached hydrogens (primary N) is 1. The standard InChI is InChI=1S/C19H26F2N3O3/c20-19(21)27-15-9-7-14(8-10-15)23-12-16(18(22)26)24-17(25)11-6-13-4-2-1-3-5-13/h7-11,13,16,19,23H,1-6,12H2,(H2,22,26)(H,24,25)/t16-/m0/s1. The third kappa shape index (κ3) is 7.80. The molecule has 1 aromatic rings. The van der Waals surface area contributed by atoms with Crippen molar-refractivity contribution in [2.45, 2.75) is 51.2 Å². The quantitative estimate of drug-likeness (QED) is 0.580. The van der Waals surface area contributed by atoms with E-state index >= 15 is 0 Å². The number of nitrogens with one attached hydrogen (secondary N) is 2. The second kappa shape index (κ2) is 10.7. The molecule has 149 valence electrons. The normalized spacial score (nSPS) is 16.0. The van der Waals surface area contributed by atoms with Crippen molar-refractivity contribution in [2.75, 3.05) is 11.9 Å². The van der Waals surface area contributed by atoms with E-state index in [1.54, 1.807) is 6.42 Å². The number of amides is 2. The van der Waals surface area contributed by atoms with E-state index < -0.39 is 18.6 Å². The fourth-order valence-corrected chi connectivity index (χ4v) is 3.12. The highest BCUT2D eigenvalue weighted by Gasteiger charge is 2.20. The van der Waals surface area contributed by atoms with Crippen LogP contribution in [0.3, 0.4) is 0 Å². The molecular formula is C19H26F2N3O3. The van der Waals surface area contributed by atoms with Crippen LogP contribution in [-0.4, -0.2) is 31.0 Å². The number of carbonyl (C=O) groups excluding carboxylic acids is 2. The summed E-state index contributed by atoms with van der Waals surface area (Å²) in [5.41, 5.74) is 5.94. The minimum atomic E-state index is -2.89. The lowest BCUT2D eigenvalue weighted by molar-refractivity contribution is -0.125. The fraction of sp³-hybridized carbons (Fsp3) is 0.526. The molecule has 0 aromatic heterocycles. The first-order valence-electron chi connectivity index (χ1n) is 9.16. The number of ether oxygens (including phenoxy) is 1. The molecule has 4 N–H and O–H groups in total. The van der Waals surface area contributed by atoms with Crippen molar-refractivity contribution in [3.8, 4) is 5.75 Å². The summed E-state index contributed by atoms with van der Waals surface area (Å²) in [4.78, 5) is 23.7. The van der Waals surface area contributed by atoms with Crippen LogP contribution in [0, 0.1) is 12.3 Å². The van der Waals surface area contributed by atoms with Crippen LogP contribution >= 0.6 is 0 Å². The number of halogens is 2. The Bertz CT molecular complexity index is 605. The Kier molecular flexibility index (Phi) is 8.29. The second-order valence-corrected chi connectivity index (χ2v) is 6.69.